The molecular formula is C16H28N2O5. The highest BCUT2D eigenvalue weighted by Crippen LogP contribution is 2.08. The van der Waals surface area contributed by atoms with Crippen molar-refractivity contribution in [3.8, 4) is 0 Å². The third-order valence-electron chi connectivity index (χ3n) is 1.97. The van der Waals surface area contributed by atoms with E-state index in [0.29, 0.717) is 5.76 Å². The summed E-state index contributed by atoms with van der Waals surface area (Å²) in [5.74, 6) is -0.657. The van der Waals surface area contributed by atoms with Gasteiger partial charge in [0.15, 0.2) is 0 Å². The van der Waals surface area contributed by atoms with Gasteiger partial charge in [-0.3, -0.25) is 0 Å². The number of hydrogen-bond acceptors (Lipinski definition) is 5. The van der Waals surface area contributed by atoms with Gasteiger partial charge in [-0.05, 0) is 53.7 Å². The standard InChI is InChI=1S/C12H17NO5.C4H11N/c1-12(2,3)18-11(16)13-9(10(14)15)7-8-5-4-6-17-8;1-4(2,3)5/h4-6,9H,7H2,1-3H3,(H,13,16)(H,14,15);5H2,1-3H3/t9-;/m0./s1. The molecule has 0 aliphatic carbocycles. The zero-order chi connectivity index (χ0) is 18.3. The molecule has 0 bridgehead atoms. The minimum absolute atomic E-state index is 0. The summed E-state index contributed by atoms with van der Waals surface area (Å²) in [5, 5.41) is 11.3. The van der Waals surface area contributed by atoms with Crippen LogP contribution in [-0.2, 0) is 16.0 Å². The second-order valence-corrected chi connectivity index (χ2v) is 7.19. The Bertz CT molecular complexity index is 478. The van der Waals surface area contributed by atoms with Gasteiger partial charge in [0.25, 0.3) is 0 Å². The Kier molecular flexibility index (Phi) is 7.82. The Morgan fingerprint density at radius 1 is 1.30 bits per heavy atom. The van der Waals surface area contributed by atoms with Gasteiger partial charge < -0.3 is 25.3 Å². The Hall–Kier alpha value is -2.02. The van der Waals surface area contributed by atoms with Crippen molar-refractivity contribution in [1.29, 1.82) is 0 Å². The largest absolute Gasteiger partial charge is 0.480 e. The van der Waals surface area contributed by atoms with Crippen LogP contribution >= 0.6 is 0 Å². The molecule has 7 nitrogen and oxygen atoms in total. The van der Waals surface area contributed by atoms with Crippen molar-refractivity contribution < 1.29 is 23.8 Å². The summed E-state index contributed by atoms with van der Waals surface area (Å²) in [6, 6.07) is 2.22. The SMILES string of the molecule is CC(C)(C)N.CC(C)(C)OC(=O)N[C@@H](Cc1ccco1)C(=O)O. The smallest absolute Gasteiger partial charge is 0.408 e. The van der Waals surface area contributed by atoms with E-state index in [9.17, 15) is 9.59 Å². The lowest BCUT2D eigenvalue weighted by Gasteiger charge is -2.21. The molecule has 0 spiro atoms. The van der Waals surface area contributed by atoms with Crippen LogP contribution in [-0.4, -0.2) is 34.4 Å². The first kappa shape index (κ1) is 21.0. The average molecular weight is 328 g/mol. The van der Waals surface area contributed by atoms with E-state index in [0.717, 1.165) is 0 Å². The van der Waals surface area contributed by atoms with Crippen LogP contribution in [0.4, 0.5) is 4.79 Å². The predicted octanol–water partition coefficient (Wildman–Crippen LogP) is 2.54. The van der Waals surface area contributed by atoms with Crippen LogP contribution in [0.3, 0.4) is 0 Å². The maximum atomic E-state index is 11.5. The molecule has 0 radical (unpaired) electrons. The maximum absolute atomic E-state index is 11.5. The summed E-state index contributed by atoms with van der Waals surface area (Å²) in [4.78, 5) is 22.5. The van der Waals surface area contributed by atoms with Crippen molar-refractivity contribution >= 4 is 12.1 Å². The van der Waals surface area contributed by atoms with Gasteiger partial charge in [0.1, 0.15) is 17.4 Å². The quantitative estimate of drug-likeness (QED) is 0.782. The number of rotatable bonds is 4. The molecule has 1 atom stereocenters. The third-order valence-corrected chi connectivity index (χ3v) is 1.97. The zero-order valence-electron chi connectivity index (χ0n) is 14.7. The summed E-state index contributed by atoms with van der Waals surface area (Å²) >= 11 is 0. The first-order valence-electron chi connectivity index (χ1n) is 7.31. The molecule has 1 amide bonds. The summed E-state index contributed by atoms with van der Waals surface area (Å²) in [5.41, 5.74) is 4.69. The van der Waals surface area contributed by atoms with Crippen molar-refractivity contribution in [2.45, 2.75) is 65.1 Å². The van der Waals surface area contributed by atoms with Gasteiger partial charge >= 0.3 is 12.1 Å². The zero-order valence-corrected chi connectivity index (χ0v) is 14.7. The van der Waals surface area contributed by atoms with E-state index in [-0.39, 0.29) is 12.0 Å². The average Bonchev–Trinajstić information content (AvgIpc) is 2.75. The van der Waals surface area contributed by atoms with Gasteiger partial charge in [0.2, 0.25) is 0 Å². The monoisotopic (exact) mass is 328 g/mol. The second-order valence-electron chi connectivity index (χ2n) is 7.19. The van der Waals surface area contributed by atoms with E-state index in [1.54, 1.807) is 32.9 Å². The number of ether oxygens (including phenoxy) is 1. The number of carboxylic acids is 1. The third kappa shape index (κ3) is 13.4. The van der Waals surface area contributed by atoms with Crippen LogP contribution < -0.4 is 11.1 Å². The number of nitrogens with one attached hydrogen (secondary N) is 1. The molecule has 0 unspecified atom stereocenters. The minimum atomic E-state index is -1.14. The summed E-state index contributed by atoms with van der Waals surface area (Å²) in [6.07, 6.45) is 0.755. The summed E-state index contributed by atoms with van der Waals surface area (Å²) < 4.78 is 10.0. The lowest BCUT2D eigenvalue weighted by atomic mass is 10.1. The van der Waals surface area contributed by atoms with Crippen LogP contribution in [0.2, 0.25) is 0 Å². The highest BCUT2D eigenvalue weighted by Gasteiger charge is 2.24. The van der Waals surface area contributed by atoms with E-state index >= 15 is 0 Å². The highest BCUT2D eigenvalue weighted by atomic mass is 16.6. The number of furan rings is 1. The molecule has 0 aromatic carbocycles. The normalized spacial score (nSPS) is 12.7. The second kappa shape index (κ2) is 8.57. The van der Waals surface area contributed by atoms with Crippen molar-refractivity contribution in [3.05, 3.63) is 24.2 Å². The van der Waals surface area contributed by atoms with E-state index in [1.165, 1.54) is 6.26 Å². The molecule has 1 rings (SSSR count). The van der Waals surface area contributed by atoms with Crippen LogP contribution in [0.5, 0.6) is 0 Å². The number of amides is 1. The van der Waals surface area contributed by atoms with E-state index < -0.39 is 23.7 Å². The Labute approximate surface area is 137 Å². The fraction of sp³-hybridized carbons (Fsp3) is 0.625. The Morgan fingerprint density at radius 2 is 1.83 bits per heavy atom. The molecule has 0 saturated heterocycles. The van der Waals surface area contributed by atoms with Crippen LogP contribution in [0, 0.1) is 0 Å². The van der Waals surface area contributed by atoms with Crippen LogP contribution in [0.1, 0.15) is 47.3 Å². The number of nitrogens with two attached hydrogens (primary N) is 1. The molecule has 0 saturated carbocycles. The van der Waals surface area contributed by atoms with Gasteiger partial charge in [0, 0.05) is 12.0 Å². The molecular weight excluding hydrogens is 300 g/mol. The summed E-state index contributed by atoms with van der Waals surface area (Å²) in [6.45, 7) is 11.0. The fourth-order valence-corrected chi connectivity index (χ4v) is 1.28. The van der Waals surface area contributed by atoms with E-state index in [4.69, 9.17) is 20.0 Å². The topological polar surface area (TPSA) is 115 Å². The van der Waals surface area contributed by atoms with Gasteiger partial charge in [-0.1, -0.05) is 0 Å². The van der Waals surface area contributed by atoms with E-state index in [1.807, 2.05) is 20.8 Å². The van der Waals surface area contributed by atoms with Crippen LogP contribution in [0.15, 0.2) is 22.8 Å². The van der Waals surface area contributed by atoms with Crippen molar-refractivity contribution in [1.82, 2.24) is 5.32 Å². The molecule has 0 aliphatic heterocycles. The lowest BCUT2D eigenvalue weighted by Crippen LogP contribution is -2.44. The number of hydrogen-bond donors (Lipinski definition) is 3. The molecule has 0 aliphatic rings. The maximum Gasteiger partial charge on any atom is 0.408 e. The first-order valence-corrected chi connectivity index (χ1v) is 7.31. The Morgan fingerprint density at radius 3 is 2.17 bits per heavy atom. The van der Waals surface area contributed by atoms with E-state index in [2.05, 4.69) is 5.32 Å². The van der Waals surface area contributed by atoms with Crippen molar-refractivity contribution in [3.63, 3.8) is 0 Å². The number of carboxylic acid groups (broad SMARTS) is 1. The number of carbonyl (C=O) groups is 2. The highest BCUT2D eigenvalue weighted by molar-refractivity contribution is 5.80. The number of alkyl carbamates (subject to hydrolysis) is 1. The first-order chi connectivity index (χ1) is 10.3. The number of aliphatic carboxylic acids is 1. The molecule has 23 heavy (non-hydrogen) atoms. The summed E-state index contributed by atoms with van der Waals surface area (Å²) in [7, 11) is 0. The Balaban J connectivity index is 0.000000841. The van der Waals surface area contributed by atoms with Crippen molar-refractivity contribution in [2.75, 3.05) is 0 Å². The van der Waals surface area contributed by atoms with Gasteiger partial charge in [-0.15, -0.1) is 0 Å². The van der Waals surface area contributed by atoms with Crippen molar-refractivity contribution in [2.24, 2.45) is 5.73 Å². The molecule has 1 aromatic rings. The van der Waals surface area contributed by atoms with Gasteiger partial charge in [-0.2, -0.15) is 0 Å². The predicted molar refractivity (Wildman–Crippen MR) is 87.1 cm³/mol. The fourth-order valence-electron chi connectivity index (χ4n) is 1.28. The minimum Gasteiger partial charge on any atom is -0.480 e. The molecule has 4 N–H and O–H groups in total. The van der Waals surface area contributed by atoms with Crippen LogP contribution in [0.25, 0.3) is 0 Å². The molecule has 132 valence electrons. The molecule has 7 heteroatoms. The van der Waals surface area contributed by atoms with Gasteiger partial charge in [0.05, 0.1) is 6.26 Å². The van der Waals surface area contributed by atoms with Gasteiger partial charge in [-0.25, -0.2) is 9.59 Å². The number of carbonyl (C=O) groups excluding carboxylic acids is 1. The molecule has 1 heterocycles. The molecule has 0 fully saturated rings. The molecule has 1 aromatic heterocycles. The lowest BCUT2D eigenvalue weighted by molar-refractivity contribution is -0.139.